The summed E-state index contributed by atoms with van der Waals surface area (Å²) in [7, 11) is 3.03. The maximum atomic E-state index is 13.6. The molecular weight excluding hydrogens is 489 g/mol. The highest BCUT2D eigenvalue weighted by molar-refractivity contribution is 9.10. The number of halogens is 2. The number of amides is 1. The number of hydrogen-bond donors (Lipinski definition) is 1. The fraction of sp³-hybridized carbons (Fsp3) is 0.286. The predicted molar refractivity (Wildman–Crippen MR) is 116 cm³/mol. The van der Waals surface area contributed by atoms with Crippen molar-refractivity contribution in [2.75, 3.05) is 21.0 Å². The molecule has 2 aromatic carbocycles. The molecule has 168 valence electrons. The molecule has 1 amide bonds. The summed E-state index contributed by atoms with van der Waals surface area (Å²) in [4.78, 5) is 17.8. The van der Waals surface area contributed by atoms with Crippen LogP contribution in [0.5, 0.6) is 23.0 Å². The van der Waals surface area contributed by atoms with Crippen LogP contribution in [0.4, 0.5) is 4.39 Å². The summed E-state index contributed by atoms with van der Waals surface area (Å²) in [6.45, 7) is 0.0671. The van der Waals surface area contributed by atoms with Gasteiger partial charge in [0.15, 0.2) is 11.5 Å². The van der Waals surface area contributed by atoms with E-state index in [1.165, 1.54) is 26.5 Å². The van der Waals surface area contributed by atoms with Gasteiger partial charge in [-0.15, -0.1) is 0 Å². The Morgan fingerprint density at radius 3 is 2.78 bits per heavy atom. The molecule has 2 heterocycles. The van der Waals surface area contributed by atoms with E-state index in [4.69, 9.17) is 23.8 Å². The highest BCUT2D eigenvalue weighted by atomic mass is 79.9. The summed E-state index contributed by atoms with van der Waals surface area (Å²) in [6.07, 6.45) is 1.40. The Morgan fingerprint density at radius 1 is 1.28 bits per heavy atom. The summed E-state index contributed by atoms with van der Waals surface area (Å²) in [5.41, 5.74) is 3.49. The summed E-state index contributed by atoms with van der Waals surface area (Å²) in [5.74, 6) is 0.880. The molecule has 2 aromatic rings. The van der Waals surface area contributed by atoms with Crippen LogP contribution in [0.15, 0.2) is 39.0 Å². The minimum atomic E-state index is -0.533. The molecule has 0 spiro atoms. The van der Waals surface area contributed by atoms with E-state index in [1.807, 2.05) is 0 Å². The molecule has 0 aromatic heterocycles. The number of oxime groups is 1. The van der Waals surface area contributed by atoms with Crippen LogP contribution >= 0.6 is 15.9 Å². The van der Waals surface area contributed by atoms with Crippen LogP contribution in [0.2, 0.25) is 0 Å². The molecule has 0 saturated carbocycles. The maximum Gasteiger partial charge on any atom is 0.289 e. The van der Waals surface area contributed by atoms with Gasteiger partial charge in [0.05, 0.1) is 24.9 Å². The third-order valence-electron chi connectivity index (χ3n) is 4.87. The minimum Gasteiger partial charge on any atom is -0.492 e. The Kier molecular flexibility index (Phi) is 6.45. The second kappa shape index (κ2) is 9.43. The van der Waals surface area contributed by atoms with Gasteiger partial charge in [0, 0.05) is 24.0 Å². The van der Waals surface area contributed by atoms with Gasteiger partial charge in [0.1, 0.15) is 17.6 Å². The van der Waals surface area contributed by atoms with Crippen LogP contribution < -0.4 is 24.4 Å². The molecule has 2 aliphatic heterocycles. The van der Waals surface area contributed by atoms with Crippen molar-refractivity contribution in [3.05, 3.63) is 45.7 Å². The van der Waals surface area contributed by atoms with Gasteiger partial charge in [-0.2, -0.15) is 5.10 Å². The quantitative estimate of drug-likeness (QED) is 0.456. The molecule has 1 N–H and O–H groups in total. The Morgan fingerprint density at radius 2 is 2.03 bits per heavy atom. The van der Waals surface area contributed by atoms with Crippen molar-refractivity contribution in [1.82, 2.24) is 5.43 Å². The molecule has 0 aliphatic carbocycles. The molecule has 0 radical (unpaired) electrons. The number of nitrogens with zero attached hydrogens (tertiary/aromatic N) is 2. The first-order valence-corrected chi connectivity index (χ1v) is 10.3. The number of carbonyl (C=O) groups excluding carboxylic acids is 1. The third-order valence-corrected chi connectivity index (χ3v) is 5.71. The normalized spacial score (nSPS) is 16.6. The molecular formula is C21H19BrFN3O6. The average molecular weight is 508 g/mol. The SMILES string of the molecule is COc1c(C[C@@H]2CC(C(=O)N/N=C\c3ccccc3F)=NO2)c(Br)c2c(c1OC)OCO2. The van der Waals surface area contributed by atoms with E-state index >= 15 is 0 Å². The number of fused-ring (bicyclic) bond motifs is 1. The van der Waals surface area contributed by atoms with E-state index < -0.39 is 17.8 Å². The van der Waals surface area contributed by atoms with Crippen LogP contribution in [-0.2, 0) is 16.1 Å². The smallest absolute Gasteiger partial charge is 0.289 e. The zero-order chi connectivity index (χ0) is 22.7. The molecule has 0 bridgehead atoms. The molecule has 0 saturated heterocycles. The Bertz CT molecular complexity index is 1110. The van der Waals surface area contributed by atoms with E-state index in [2.05, 4.69) is 31.6 Å². The van der Waals surface area contributed by atoms with E-state index in [0.29, 0.717) is 33.9 Å². The Labute approximate surface area is 191 Å². The first-order valence-electron chi connectivity index (χ1n) is 9.56. The lowest BCUT2D eigenvalue weighted by molar-refractivity contribution is -0.114. The monoisotopic (exact) mass is 507 g/mol. The third kappa shape index (κ3) is 4.20. The number of hydrazone groups is 1. The standard InChI is InChI=1S/C21H19BrFN3O6/c1-28-17-13(16(22)18-20(19(17)29-2)31-10-30-18)7-12-8-15(26-32-12)21(27)25-24-9-11-5-3-4-6-14(11)23/h3-6,9,12H,7-8,10H2,1-2H3,(H,25,27)/b24-9-/t12-/m1/s1. The van der Waals surface area contributed by atoms with Crippen molar-refractivity contribution in [1.29, 1.82) is 0 Å². The van der Waals surface area contributed by atoms with Crippen LogP contribution in [0.25, 0.3) is 0 Å². The number of benzene rings is 2. The summed E-state index contributed by atoms with van der Waals surface area (Å²) < 4.78 is 36.3. The van der Waals surface area contributed by atoms with Crippen molar-refractivity contribution in [2.45, 2.75) is 18.9 Å². The van der Waals surface area contributed by atoms with Crippen LogP contribution in [0.3, 0.4) is 0 Å². The van der Waals surface area contributed by atoms with Gasteiger partial charge in [-0.1, -0.05) is 23.4 Å². The highest BCUT2D eigenvalue weighted by Crippen LogP contribution is 2.54. The minimum absolute atomic E-state index is 0.0671. The highest BCUT2D eigenvalue weighted by Gasteiger charge is 2.34. The number of methoxy groups -OCH3 is 2. The Hall–Kier alpha value is -3.34. The molecule has 0 fully saturated rings. The lowest BCUT2D eigenvalue weighted by atomic mass is 10.0. The van der Waals surface area contributed by atoms with Crippen molar-refractivity contribution in [3.8, 4) is 23.0 Å². The number of carbonyl (C=O) groups is 1. The topological polar surface area (TPSA) is 100.0 Å². The molecule has 11 heteroatoms. The van der Waals surface area contributed by atoms with E-state index in [0.717, 1.165) is 5.56 Å². The van der Waals surface area contributed by atoms with Crippen molar-refractivity contribution in [2.24, 2.45) is 10.3 Å². The van der Waals surface area contributed by atoms with Crippen LogP contribution in [0, 0.1) is 5.82 Å². The molecule has 0 unspecified atom stereocenters. The van der Waals surface area contributed by atoms with Crippen molar-refractivity contribution >= 4 is 33.8 Å². The molecule has 2 aliphatic rings. The van der Waals surface area contributed by atoms with E-state index in [-0.39, 0.29) is 24.5 Å². The first-order chi connectivity index (χ1) is 15.5. The van der Waals surface area contributed by atoms with Gasteiger partial charge < -0.3 is 23.8 Å². The summed E-state index contributed by atoms with van der Waals surface area (Å²) in [6, 6.07) is 6.09. The Balaban J connectivity index is 1.43. The molecule has 4 rings (SSSR count). The average Bonchev–Trinajstić information content (AvgIpc) is 3.47. The largest absolute Gasteiger partial charge is 0.492 e. The fourth-order valence-corrected chi connectivity index (χ4v) is 4.01. The number of rotatable bonds is 7. The summed E-state index contributed by atoms with van der Waals surface area (Å²) >= 11 is 3.54. The number of hydrogen-bond acceptors (Lipinski definition) is 8. The van der Waals surface area contributed by atoms with Gasteiger partial charge in [-0.3, -0.25) is 4.79 Å². The zero-order valence-electron chi connectivity index (χ0n) is 17.2. The second-order valence-electron chi connectivity index (χ2n) is 6.82. The van der Waals surface area contributed by atoms with Gasteiger partial charge in [-0.25, -0.2) is 9.82 Å². The molecule has 9 nitrogen and oxygen atoms in total. The van der Waals surface area contributed by atoms with Crippen molar-refractivity contribution in [3.63, 3.8) is 0 Å². The van der Waals surface area contributed by atoms with E-state index in [1.54, 1.807) is 18.2 Å². The number of ether oxygens (including phenoxy) is 4. The molecule has 1 atom stereocenters. The van der Waals surface area contributed by atoms with E-state index in [9.17, 15) is 9.18 Å². The predicted octanol–water partition coefficient (Wildman–Crippen LogP) is 3.17. The molecule has 32 heavy (non-hydrogen) atoms. The zero-order valence-corrected chi connectivity index (χ0v) is 18.8. The number of nitrogens with one attached hydrogen (secondary N) is 1. The van der Waals surface area contributed by atoms with Gasteiger partial charge in [-0.05, 0) is 22.0 Å². The first kappa shape index (κ1) is 21.9. The van der Waals surface area contributed by atoms with Crippen LogP contribution in [-0.4, -0.2) is 44.9 Å². The maximum absolute atomic E-state index is 13.6. The van der Waals surface area contributed by atoms with Crippen molar-refractivity contribution < 1.29 is 33.0 Å². The van der Waals surface area contributed by atoms with Gasteiger partial charge in [0.25, 0.3) is 5.91 Å². The van der Waals surface area contributed by atoms with Crippen LogP contribution in [0.1, 0.15) is 17.5 Å². The van der Waals surface area contributed by atoms with Gasteiger partial charge >= 0.3 is 0 Å². The lowest BCUT2D eigenvalue weighted by Crippen LogP contribution is -2.27. The summed E-state index contributed by atoms with van der Waals surface area (Å²) in [5, 5.41) is 7.65. The lowest BCUT2D eigenvalue weighted by Gasteiger charge is -2.18. The second-order valence-corrected chi connectivity index (χ2v) is 7.61. The van der Waals surface area contributed by atoms with Gasteiger partial charge in [0.2, 0.25) is 18.3 Å². The fourth-order valence-electron chi connectivity index (χ4n) is 3.37.